The summed E-state index contributed by atoms with van der Waals surface area (Å²) in [6, 6.07) is 0.430. The molecule has 5 heteroatoms. The molecule has 0 fully saturated rings. The largest absolute Gasteiger partial charge is 0.480 e. The van der Waals surface area contributed by atoms with E-state index in [0.717, 1.165) is 6.20 Å². The zero-order valence-electron chi connectivity index (χ0n) is 10.1. The molecule has 0 spiro atoms. The smallest absolute Gasteiger partial charge is 0.320 e. The minimum atomic E-state index is -0.906. The first-order chi connectivity index (χ1) is 7.91. The molecule has 1 rings (SSSR count). The Morgan fingerprint density at radius 3 is 2.53 bits per heavy atom. The number of carbonyl (C=O) groups is 1. The van der Waals surface area contributed by atoms with Crippen molar-refractivity contribution < 1.29 is 14.3 Å². The normalized spacial score (nSPS) is 14.6. The van der Waals surface area contributed by atoms with E-state index in [9.17, 15) is 9.18 Å². The van der Waals surface area contributed by atoms with Gasteiger partial charge in [0.1, 0.15) is 11.9 Å². The average molecular weight is 240 g/mol. The first-order valence-corrected chi connectivity index (χ1v) is 5.51. The lowest BCUT2D eigenvalue weighted by Crippen LogP contribution is -2.42. The van der Waals surface area contributed by atoms with Gasteiger partial charge in [-0.25, -0.2) is 4.39 Å². The van der Waals surface area contributed by atoms with E-state index in [0.29, 0.717) is 5.56 Å². The molecule has 0 saturated carbocycles. The summed E-state index contributed by atoms with van der Waals surface area (Å²) in [5, 5.41) is 12.0. The molecular weight excluding hydrogens is 223 g/mol. The van der Waals surface area contributed by atoms with E-state index in [1.165, 1.54) is 12.3 Å². The first-order valence-electron chi connectivity index (χ1n) is 5.51. The summed E-state index contributed by atoms with van der Waals surface area (Å²) < 4.78 is 13.0. The quantitative estimate of drug-likeness (QED) is 0.826. The van der Waals surface area contributed by atoms with Crippen molar-refractivity contribution in [3.05, 3.63) is 29.8 Å². The molecular formula is C12H17FN2O2. The summed E-state index contributed by atoms with van der Waals surface area (Å²) in [5.41, 5.74) is 0.636. The van der Waals surface area contributed by atoms with Crippen molar-refractivity contribution in [1.29, 1.82) is 0 Å². The monoisotopic (exact) mass is 240 g/mol. The number of nitrogens with zero attached hydrogens (tertiary/aromatic N) is 1. The molecule has 0 saturated heterocycles. The molecule has 0 amide bonds. The minimum absolute atomic E-state index is 0.0449. The van der Waals surface area contributed by atoms with Crippen molar-refractivity contribution in [2.45, 2.75) is 32.9 Å². The molecule has 2 unspecified atom stereocenters. The van der Waals surface area contributed by atoms with Crippen molar-refractivity contribution in [2.24, 2.45) is 5.92 Å². The number of carboxylic acid groups (broad SMARTS) is 1. The van der Waals surface area contributed by atoms with E-state index in [4.69, 9.17) is 5.11 Å². The number of aliphatic carboxylic acids is 1. The van der Waals surface area contributed by atoms with Crippen LogP contribution < -0.4 is 5.32 Å². The molecule has 1 aromatic rings. The van der Waals surface area contributed by atoms with Gasteiger partial charge in [0, 0.05) is 12.2 Å². The highest BCUT2D eigenvalue weighted by Crippen LogP contribution is 2.15. The molecule has 0 aliphatic heterocycles. The molecule has 94 valence electrons. The van der Waals surface area contributed by atoms with E-state index >= 15 is 0 Å². The van der Waals surface area contributed by atoms with Crippen LogP contribution in [0, 0.1) is 11.7 Å². The Kier molecular flexibility index (Phi) is 4.57. The van der Waals surface area contributed by atoms with Crippen LogP contribution in [0.2, 0.25) is 0 Å². The van der Waals surface area contributed by atoms with Gasteiger partial charge < -0.3 is 5.11 Å². The molecule has 0 bridgehead atoms. The molecule has 0 aromatic carbocycles. The van der Waals surface area contributed by atoms with Gasteiger partial charge in [0.05, 0.1) is 6.20 Å². The van der Waals surface area contributed by atoms with Crippen LogP contribution in [0.15, 0.2) is 18.5 Å². The van der Waals surface area contributed by atoms with Crippen LogP contribution in [0.25, 0.3) is 0 Å². The minimum Gasteiger partial charge on any atom is -0.480 e. The van der Waals surface area contributed by atoms with Gasteiger partial charge in [-0.3, -0.25) is 15.1 Å². The van der Waals surface area contributed by atoms with E-state index < -0.39 is 17.8 Å². The Morgan fingerprint density at radius 1 is 1.41 bits per heavy atom. The Balaban J connectivity index is 2.77. The molecule has 0 radical (unpaired) electrons. The molecule has 1 aromatic heterocycles. The predicted octanol–water partition coefficient (Wildman–Crippen LogP) is 1.98. The zero-order valence-corrected chi connectivity index (χ0v) is 10.1. The molecule has 1 heterocycles. The number of nitrogens with one attached hydrogen (secondary N) is 1. The molecule has 0 aliphatic carbocycles. The van der Waals surface area contributed by atoms with Crippen molar-refractivity contribution in [3.8, 4) is 0 Å². The van der Waals surface area contributed by atoms with Gasteiger partial charge in [-0.1, -0.05) is 13.8 Å². The number of carboxylic acids is 1. The maximum Gasteiger partial charge on any atom is 0.320 e. The fourth-order valence-corrected chi connectivity index (χ4v) is 1.58. The van der Waals surface area contributed by atoms with Gasteiger partial charge in [-0.05, 0) is 24.5 Å². The third-order valence-electron chi connectivity index (χ3n) is 2.59. The second kappa shape index (κ2) is 5.72. The van der Waals surface area contributed by atoms with Crippen molar-refractivity contribution in [3.63, 3.8) is 0 Å². The average Bonchev–Trinajstić information content (AvgIpc) is 2.24. The van der Waals surface area contributed by atoms with Gasteiger partial charge in [-0.2, -0.15) is 0 Å². The summed E-state index contributed by atoms with van der Waals surface area (Å²) in [6.45, 7) is 5.43. The van der Waals surface area contributed by atoms with Gasteiger partial charge >= 0.3 is 5.97 Å². The Morgan fingerprint density at radius 2 is 2.06 bits per heavy atom. The van der Waals surface area contributed by atoms with Gasteiger partial charge in [-0.15, -0.1) is 0 Å². The number of aromatic nitrogens is 1. The Labute approximate surface area is 99.9 Å². The molecule has 2 N–H and O–H groups in total. The number of halogens is 1. The lowest BCUT2D eigenvalue weighted by atomic mass is 10.0. The third kappa shape index (κ3) is 3.78. The topological polar surface area (TPSA) is 62.2 Å². The summed E-state index contributed by atoms with van der Waals surface area (Å²) in [5.74, 6) is -1.37. The molecule has 0 aliphatic rings. The Bertz CT molecular complexity index is 396. The lowest BCUT2D eigenvalue weighted by molar-refractivity contribution is -0.140. The molecule has 2 atom stereocenters. The highest BCUT2D eigenvalue weighted by Gasteiger charge is 2.23. The van der Waals surface area contributed by atoms with Gasteiger partial charge in [0.2, 0.25) is 0 Å². The summed E-state index contributed by atoms with van der Waals surface area (Å²) in [4.78, 5) is 14.8. The summed E-state index contributed by atoms with van der Waals surface area (Å²) in [7, 11) is 0. The van der Waals surface area contributed by atoms with E-state index in [-0.39, 0.29) is 12.0 Å². The van der Waals surface area contributed by atoms with Crippen LogP contribution in [-0.4, -0.2) is 22.1 Å². The fraction of sp³-hybridized carbons (Fsp3) is 0.500. The van der Waals surface area contributed by atoms with Crippen LogP contribution >= 0.6 is 0 Å². The van der Waals surface area contributed by atoms with Crippen LogP contribution in [0.1, 0.15) is 32.4 Å². The SMILES string of the molecule is CC(NC(C(=O)O)C(C)C)c1cncc(F)c1. The maximum absolute atomic E-state index is 13.0. The van der Waals surface area contributed by atoms with Crippen LogP contribution in [0.5, 0.6) is 0 Å². The van der Waals surface area contributed by atoms with Crippen molar-refractivity contribution >= 4 is 5.97 Å². The number of hydrogen-bond donors (Lipinski definition) is 2. The van der Waals surface area contributed by atoms with E-state index in [1.54, 1.807) is 6.92 Å². The second-order valence-corrected chi connectivity index (χ2v) is 4.38. The van der Waals surface area contributed by atoms with Gasteiger partial charge in [0.15, 0.2) is 0 Å². The zero-order chi connectivity index (χ0) is 13.0. The van der Waals surface area contributed by atoms with E-state index in [2.05, 4.69) is 10.3 Å². The van der Waals surface area contributed by atoms with Crippen LogP contribution in [0.3, 0.4) is 0 Å². The fourth-order valence-electron chi connectivity index (χ4n) is 1.58. The second-order valence-electron chi connectivity index (χ2n) is 4.38. The van der Waals surface area contributed by atoms with Crippen LogP contribution in [0.4, 0.5) is 4.39 Å². The standard InChI is InChI=1S/C12H17FN2O2/c1-7(2)11(12(16)17)15-8(3)9-4-10(13)6-14-5-9/h4-8,11,15H,1-3H3,(H,16,17). The summed E-state index contributed by atoms with van der Waals surface area (Å²) >= 11 is 0. The third-order valence-corrected chi connectivity index (χ3v) is 2.59. The number of hydrogen-bond acceptors (Lipinski definition) is 3. The highest BCUT2D eigenvalue weighted by atomic mass is 19.1. The van der Waals surface area contributed by atoms with Crippen molar-refractivity contribution in [2.75, 3.05) is 0 Å². The van der Waals surface area contributed by atoms with Crippen molar-refractivity contribution in [1.82, 2.24) is 10.3 Å². The highest BCUT2D eigenvalue weighted by molar-refractivity contribution is 5.73. The van der Waals surface area contributed by atoms with Crippen LogP contribution in [-0.2, 0) is 4.79 Å². The maximum atomic E-state index is 13.0. The van der Waals surface area contributed by atoms with E-state index in [1.807, 2.05) is 13.8 Å². The predicted molar refractivity (Wildman–Crippen MR) is 62.0 cm³/mol. The molecule has 17 heavy (non-hydrogen) atoms. The first kappa shape index (κ1) is 13.6. The molecule has 4 nitrogen and oxygen atoms in total. The lowest BCUT2D eigenvalue weighted by Gasteiger charge is -2.23. The van der Waals surface area contributed by atoms with Gasteiger partial charge in [0.25, 0.3) is 0 Å². The number of pyridine rings is 1. The number of rotatable bonds is 5. The summed E-state index contributed by atoms with van der Waals surface area (Å²) in [6.07, 6.45) is 2.65. The Hall–Kier alpha value is -1.49.